The normalized spacial score (nSPS) is 17.5. The molecule has 7 heteroatoms. The highest BCUT2D eigenvalue weighted by Gasteiger charge is 2.18. The number of likely N-dealkylation sites (N-methyl/N-ethyl adjacent to an activating group) is 1. The van der Waals surface area contributed by atoms with Crippen molar-refractivity contribution in [3.05, 3.63) is 42.2 Å². The Morgan fingerprint density at radius 3 is 3.00 bits per heavy atom. The highest BCUT2D eigenvalue weighted by molar-refractivity contribution is 5.59. The summed E-state index contributed by atoms with van der Waals surface area (Å²) in [4.78, 5) is 2.12. The van der Waals surface area contributed by atoms with Gasteiger partial charge in [0.25, 0.3) is 0 Å². The molecular weight excluding hydrogens is 307 g/mol. The van der Waals surface area contributed by atoms with Crippen molar-refractivity contribution in [3.8, 4) is 11.4 Å². The van der Waals surface area contributed by atoms with Crippen molar-refractivity contribution < 1.29 is 4.39 Å². The Morgan fingerprint density at radius 1 is 1.29 bits per heavy atom. The maximum Gasteiger partial charge on any atom is 0.185 e. The maximum atomic E-state index is 13.5. The number of halogens is 1. The van der Waals surface area contributed by atoms with Crippen molar-refractivity contribution in [1.29, 1.82) is 0 Å². The summed E-state index contributed by atoms with van der Waals surface area (Å²) >= 11 is 0. The summed E-state index contributed by atoms with van der Waals surface area (Å²) in [5, 5.41) is 16.4. The summed E-state index contributed by atoms with van der Waals surface area (Å²) in [6, 6.07) is 10.6. The van der Waals surface area contributed by atoms with E-state index in [1.807, 2.05) is 19.2 Å². The van der Waals surface area contributed by atoms with Gasteiger partial charge in [0.05, 0.1) is 0 Å². The number of hydrogen-bond donors (Lipinski definition) is 1. The number of anilines is 1. The van der Waals surface area contributed by atoms with Gasteiger partial charge in [-0.05, 0) is 43.7 Å². The second kappa shape index (κ2) is 6.16. The Kier molecular flexibility index (Phi) is 3.86. The van der Waals surface area contributed by atoms with Gasteiger partial charge in [0.1, 0.15) is 11.6 Å². The molecule has 0 radical (unpaired) electrons. The van der Waals surface area contributed by atoms with Crippen molar-refractivity contribution in [2.45, 2.75) is 18.9 Å². The molecule has 124 valence electrons. The Balaban J connectivity index is 1.67. The predicted molar refractivity (Wildman–Crippen MR) is 90.5 cm³/mol. The van der Waals surface area contributed by atoms with Crippen LogP contribution in [0.15, 0.2) is 36.4 Å². The molecule has 1 aromatic carbocycles. The molecule has 0 aliphatic carbocycles. The molecule has 2 aromatic heterocycles. The van der Waals surface area contributed by atoms with Crippen LogP contribution in [0.4, 0.5) is 10.2 Å². The third-order valence-corrected chi connectivity index (χ3v) is 4.38. The SMILES string of the molecule is CN(CC1CCCN1)c1ccc2nnc(-c3cccc(F)c3)n2n1. The number of aromatic nitrogens is 4. The highest BCUT2D eigenvalue weighted by atomic mass is 19.1. The molecule has 0 amide bonds. The summed E-state index contributed by atoms with van der Waals surface area (Å²) in [5.74, 6) is 1.08. The first kappa shape index (κ1) is 15.0. The van der Waals surface area contributed by atoms with E-state index in [4.69, 9.17) is 0 Å². The van der Waals surface area contributed by atoms with Gasteiger partial charge in [0.2, 0.25) is 0 Å². The molecular formula is C17H19FN6. The number of benzene rings is 1. The minimum absolute atomic E-state index is 0.301. The van der Waals surface area contributed by atoms with Gasteiger partial charge in [0.15, 0.2) is 11.5 Å². The molecule has 1 atom stereocenters. The zero-order valence-electron chi connectivity index (χ0n) is 13.5. The summed E-state index contributed by atoms with van der Waals surface area (Å²) in [6.45, 7) is 1.98. The van der Waals surface area contributed by atoms with Gasteiger partial charge in [0, 0.05) is 25.2 Å². The molecule has 1 unspecified atom stereocenters. The number of hydrogen-bond acceptors (Lipinski definition) is 5. The van der Waals surface area contributed by atoms with E-state index in [2.05, 4.69) is 25.5 Å². The molecule has 6 nitrogen and oxygen atoms in total. The van der Waals surface area contributed by atoms with Gasteiger partial charge >= 0.3 is 0 Å². The van der Waals surface area contributed by atoms with Crippen molar-refractivity contribution in [1.82, 2.24) is 25.1 Å². The Labute approximate surface area is 139 Å². The van der Waals surface area contributed by atoms with Gasteiger partial charge in [-0.25, -0.2) is 4.39 Å². The first-order chi connectivity index (χ1) is 11.7. The fraction of sp³-hybridized carbons (Fsp3) is 0.353. The first-order valence-electron chi connectivity index (χ1n) is 8.13. The van der Waals surface area contributed by atoms with E-state index in [0.29, 0.717) is 23.1 Å². The first-order valence-corrected chi connectivity index (χ1v) is 8.13. The topological polar surface area (TPSA) is 58.3 Å². The lowest BCUT2D eigenvalue weighted by atomic mass is 10.2. The highest BCUT2D eigenvalue weighted by Crippen LogP contribution is 2.20. The minimum Gasteiger partial charge on any atom is -0.357 e. The van der Waals surface area contributed by atoms with Crippen molar-refractivity contribution in [3.63, 3.8) is 0 Å². The van der Waals surface area contributed by atoms with Crippen LogP contribution < -0.4 is 10.2 Å². The van der Waals surface area contributed by atoms with Crippen molar-refractivity contribution >= 4 is 11.5 Å². The smallest absolute Gasteiger partial charge is 0.185 e. The van der Waals surface area contributed by atoms with Gasteiger partial charge in [-0.1, -0.05) is 12.1 Å². The van der Waals surface area contributed by atoms with Crippen molar-refractivity contribution in [2.75, 3.05) is 25.0 Å². The molecule has 1 aliphatic rings. The summed E-state index contributed by atoms with van der Waals surface area (Å²) in [5.41, 5.74) is 1.30. The van der Waals surface area contributed by atoms with Crippen LogP contribution in [-0.4, -0.2) is 46.0 Å². The van der Waals surface area contributed by atoms with Crippen LogP contribution in [0.5, 0.6) is 0 Å². The van der Waals surface area contributed by atoms with Crippen LogP contribution in [0.3, 0.4) is 0 Å². The monoisotopic (exact) mass is 326 g/mol. The molecule has 3 heterocycles. The maximum absolute atomic E-state index is 13.5. The van der Waals surface area contributed by atoms with Gasteiger partial charge in [-0.2, -0.15) is 4.52 Å². The van der Waals surface area contributed by atoms with E-state index < -0.39 is 0 Å². The summed E-state index contributed by atoms with van der Waals surface area (Å²) < 4.78 is 15.2. The van der Waals surface area contributed by atoms with Crippen LogP contribution in [0, 0.1) is 5.82 Å². The Bertz CT molecular complexity index is 855. The number of rotatable bonds is 4. The zero-order valence-corrected chi connectivity index (χ0v) is 13.5. The summed E-state index contributed by atoms with van der Waals surface area (Å²) in [6.07, 6.45) is 2.41. The molecule has 0 spiro atoms. The van der Waals surface area contributed by atoms with Crippen molar-refractivity contribution in [2.24, 2.45) is 0 Å². The largest absolute Gasteiger partial charge is 0.357 e. The molecule has 0 bridgehead atoms. The van der Waals surface area contributed by atoms with E-state index in [0.717, 1.165) is 18.9 Å². The van der Waals surface area contributed by atoms with Crippen LogP contribution in [0.25, 0.3) is 17.0 Å². The average molecular weight is 326 g/mol. The summed E-state index contributed by atoms with van der Waals surface area (Å²) in [7, 11) is 2.03. The minimum atomic E-state index is -0.301. The van der Waals surface area contributed by atoms with Crippen LogP contribution >= 0.6 is 0 Å². The molecule has 24 heavy (non-hydrogen) atoms. The molecule has 1 N–H and O–H groups in total. The zero-order chi connectivity index (χ0) is 16.5. The predicted octanol–water partition coefficient (Wildman–Crippen LogP) is 2.12. The lowest BCUT2D eigenvalue weighted by molar-refractivity contribution is 0.595. The van der Waals surface area contributed by atoms with E-state index in [-0.39, 0.29) is 5.82 Å². The van der Waals surface area contributed by atoms with Crippen LogP contribution in [0.2, 0.25) is 0 Å². The molecule has 1 fully saturated rings. The lowest BCUT2D eigenvalue weighted by Crippen LogP contribution is -2.35. The lowest BCUT2D eigenvalue weighted by Gasteiger charge is -2.22. The van der Waals surface area contributed by atoms with Gasteiger partial charge in [-0.3, -0.25) is 0 Å². The van der Waals surface area contributed by atoms with E-state index in [1.54, 1.807) is 16.6 Å². The average Bonchev–Trinajstić information content (AvgIpc) is 3.23. The Hall–Kier alpha value is -2.54. The fourth-order valence-electron chi connectivity index (χ4n) is 3.13. The standard InChI is InChI=1S/C17H19FN6/c1-23(11-14-6-3-9-19-14)16-8-7-15-20-21-17(24(15)22-16)12-4-2-5-13(18)10-12/h2,4-5,7-8,10,14,19H,3,6,9,11H2,1H3. The number of nitrogens with one attached hydrogen (secondary N) is 1. The van der Waals surface area contributed by atoms with E-state index in [1.165, 1.54) is 25.0 Å². The molecule has 1 aliphatic heterocycles. The van der Waals surface area contributed by atoms with Gasteiger partial charge in [-0.15, -0.1) is 15.3 Å². The van der Waals surface area contributed by atoms with Crippen LogP contribution in [0.1, 0.15) is 12.8 Å². The van der Waals surface area contributed by atoms with Gasteiger partial charge < -0.3 is 10.2 Å². The number of fused-ring (bicyclic) bond motifs is 1. The molecule has 0 saturated carbocycles. The Morgan fingerprint density at radius 2 is 2.21 bits per heavy atom. The second-order valence-corrected chi connectivity index (χ2v) is 6.17. The quantitative estimate of drug-likeness (QED) is 0.796. The molecule has 3 aromatic rings. The fourth-order valence-corrected chi connectivity index (χ4v) is 3.13. The second-order valence-electron chi connectivity index (χ2n) is 6.17. The number of nitrogens with zero attached hydrogens (tertiary/aromatic N) is 5. The third-order valence-electron chi connectivity index (χ3n) is 4.38. The van der Waals surface area contributed by atoms with E-state index >= 15 is 0 Å². The third kappa shape index (κ3) is 2.82. The van der Waals surface area contributed by atoms with E-state index in [9.17, 15) is 4.39 Å². The molecule has 4 rings (SSSR count). The molecule has 1 saturated heterocycles. The van der Waals surface area contributed by atoms with Crippen LogP contribution in [-0.2, 0) is 0 Å².